The Labute approximate surface area is 107 Å². The third-order valence-electron chi connectivity index (χ3n) is 2.49. The number of anilines is 1. The van der Waals surface area contributed by atoms with Gasteiger partial charge in [0, 0.05) is 18.0 Å². The average molecular weight is 252 g/mol. The van der Waals surface area contributed by atoms with Crippen LogP contribution in [0.5, 0.6) is 0 Å². The van der Waals surface area contributed by atoms with Crippen molar-refractivity contribution in [1.82, 2.24) is 4.57 Å². The molecule has 1 heterocycles. The topological polar surface area (TPSA) is 74.3 Å². The number of nitrogens with zero attached hydrogens (tertiary/aromatic N) is 1. The summed E-state index contributed by atoms with van der Waals surface area (Å²) in [7, 11) is 0. The third-order valence-corrected chi connectivity index (χ3v) is 2.49. The maximum atomic E-state index is 11.5. The molecule has 0 aliphatic heterocycles. The standard InChI is InChI=1S/C13H20N2O3/c1-10(2)4-3-7-18-13(17)9-15-8-11(14)5-6-12(15)16/h5-6,8,10H,3-4,7,9,14H2,1-2H3. The van der Waals surface area contributed by atoms with Crippen molar-refractivity contribution in [3.8, 4) is 0 Å². The van der Waals surface area contributed by atoms with Crippen LogP contribution < -0.4 is 11.3 Å². The molecule has 0 aromatic carbocycles. The van der Waals surface area contributed by atoms with Crippen molar-refractivity contribution in [3.05, 3.63) is 28.7 Å². The van der Waals surface area contributed by atoms with Gasteiger partial charge >= 0.3 is 5.97 Å². The van der Waals surface area contributed by atoms with Gasteiger partial charge in [0.15, 0.2) is 0 Å². The lowest BCUT2D eigenvalue weighted by atomic mass is 10.1. The predicted molar refractivity (Wildman–Crippen MR) is 70.1 cm³/mol. The molecule has 0 bridgehead atoms. The molecule has 0 aliphatic carbocycles. The number of pyridine rings is 1. The van der Waals surface area contributed by atoms with Crippen LogP contribution in [-0.4, -0.2) is 17.1 Å². The molecular weight excluding hydrogens is 232 g/mol. The Kier molecular flexibility index (Phi) is 5.42. The van der Waals surface area contributed by atoms with Crippen molar-refractivity contribution >= 4 is 11.7 Å². The fraction of sp³-hybridized carbons (Fsp3) is 0.538. The molecule has 0 saturated carbocycles. The molecule has 0 unspecified atom stereocenters. The lowest BCUT2D eigenvalue weighted by molar-refractivity contribution is -0.144. The molecule has 0 aliphatic rings. The van der Waals surface area contributed by atoms with E-state index in [4.69, 9.17) is 10.5 Å². The summed E-state index contributed by atoms with van der Waals surface area (Å²) in [4.78, 5) is 22.9. The van der Waals surface area contributed by atoms with Gasteiger partial charge in [-0.3, -0.25) is 9.59 Å². The van der Waals surface area contributed by atoms with Crippen molar-refractivity contribution in [3.63, 3.8) is 0 Å². The van der Waals surface area contributed by atoms with Gasteiger partial charge in [0.1, 0.15) is 6.54 Å². The van der Waals surface area contributed by atoms with E-state index in [2.05, 4.69) is 13.8 Å². The SMILES string of the molecule is CC(C)CCCOC(=O)Cn1cc(N)ccc1=O. The van der Waals surface area contributed by atoms with E-state index in [1.807, 2.05) is 0 Å². The lowest BCUT2D eigenvalue weighted by Crippen LogP contribution is -2.24. The van der Waals surface area contributed by atoms with Gasteiger partial charge in [-0.05, 0) is 24.8 Å². The first-order valence-electron chi connectivity index (χ1n) is 6.10. The van der Waals surface area contributed by atoms with E-state index in [0.717, 1.165) is 12.8 Å². The highest BCUT2D eigenvalue weighted by molar-refractivity contribution is 5.69. The van der Waals surface area contributed by atoms with Crippen molar-refractivity contribution in [2.75, 3.05) is 12.3 Å². The molecule has 0 atom stereocenters. The van der Waals surface area contributed by atoms with Gasteiger partial charge in [-0.2, -0.15) is 0 Å². The van der Waals surface area contributed by atoms with Crippen LogP contribution in [-0.2, 0) is 16.1 Å². The number of hydrogen-bond acceptors (Lipinski definition) is 4. The van der Waals surface area contributed by atoms with Crippen LogP contribution in [0.1, 0.15) is 26.7 Å². The molecule has 0 radical (unpaired) electrons. The summed E-state index contributed by atoms with van der Waals surface area (Å²) in [6, 6.07) is 2.84. The minimum atomic E-state index is -0.411. The Morgan fingerprint density at radius 1 is 1.44 bits per heavy atom. The normalized spacial score (nSPS) is 10.6. The maximum Gasteiger partial charge on any atom is 0.326 e. The van der Waals surface area contributed by atoms with E-state index in [0.29, 0.717) is 18.2 Å². The summed E-state index contributed by atoms with van der Waals surface area (Å²) in [5.41, 5.74) is 5.73. The third kappa shape index (κ3) is 5.03. The van der Waals surface area contributed by atoms with E-state index < -0.39 is 5.97 Å². The molecule has 1 aromatic rings. The molecule has 0 fully saturated rings. The van der Waals surface area contributed by atoms with Crippen LogP contribution in [0.25, 0.3) is 0 Å². The number of nitrogens with two attached hydrogens (primary N) is 1. The molecule has 1 rings (SSSR count). The van der Waals surface area contributed by atoms with Crippen molar-refractivity contribution in [2.24, 2.45) is 5.92 Å². The van der Waals surface area contributed by atoms with Gasteiger partial charge in [0.25, 0.3) is 5.56 Å². The molecule has 0 saturated heterocycles. The van der Waals surface area contributed by atoms with Gasteiger partial charge in [-0.1, -0.05) is 13.8 Å². The summed E-state index contributed by atoms with van der Waals surface area (Å²) >= 11 is 0. The summed E-state index contributed by atoms with van der Waals surface area (Å²) in [6.07, 6.45) is 3.30. The van der Waals surface area contributed by atoms with E-state index in [9.17, 15) is 9.59 Å². The van der Waals surface area contributed by atoms with Crippen molar-refractivity contribution in [2.45, 2.75) is 33.2 Å². The second-order valence-electron chi connectivity index (χ2n) is 4.69. The fourth-order valence-corrected chi connectivity index (χ4v) is 1.54. The molecule has 2 N–H and O–H groups in total. The minimum absolute atomic E-state index is 0.0917. The highest BCUT2D eigenvalue weighted by Gasteiger charge is 2.06. The first-order chi connectivity index (χ1) is 8.49. The zero-order chi connectivity index (χ0) is 13.5. The summed E-state index contributed by atoms with van der Waals surface area (Å²) in [5.74, 6) is 0.187. The van der Waals surface area contributed by atoms with Crippen LogP contribution in [0.2, 0.25) is 0 Å². The minimum Gasteiger partial charge on any atom is -0.464 e. The first-order valence-corrected chi connectivity index (χ1v) is 6.10. The van der Waals surface area contributed by atoms with E-state index in [-0.39, 0.29) is 12.1 Å². The number of hydrogen-bond donors (Lipinski definition) is 1. The molecule has 0 spiro atoms. The van der Waals surface area contributed by atoms with Crippen LogP contribution >= 0.6 is 0 Å². The second kappa shape index (κ2) is 6.83. The average Bonchev–Trinajstić information content (AvgIpc) is 2.29. The largest absolute Gasteiger partial charge is 0.464 e. The smallest absolute Gasteiger partial charge is 0.326 e. The molecule has 100 valence electrons. The molecule has 5 nitrogen and oxygen atoms in total. The van der Waals surface area contributed by atoms with Gasteiger partial charge in [0.2, 0.25) is 0 Å². The van der Waals surface area contributed by atoms with Crippen LogP contribution in [0.4, 0.5) is 5.69 Å². The zero-order valence-corrected chi connectivity index (χ0v) is 10.9. The molecule has 1 aromatic heterocycles. The van der Waals surface area contributed by atoms with Gasteiger partial charge in [0.05, 0.1) is 6.61 Å². The number of nitrogen functional groups attached to an aromatic ring is 1. The van der Waals surface area contributed by atoms with Gasteiger partial charge in [-0.25, -0.2) is 0 Å². The summed E-state index contributed by atoms with van der Waals surface area (Å²) < 4.78 is 6.30. The van der Waals surface area contributed by atoms with Gasteiger partial charge < -0.3 is 15.0 Å². The van der Waals surface area contributed by atoms with E-state index in [1.54, 1.807) is 0 Å². The van der Waals surface area contributed by atoms with Crippen molar-refractivity contribution in [1.29, 1.82) is 0 Å². The summed E-state index contributed by atoms with van der Waals surface area (Å²) in [5, 5.41) is 0. The van der Waals surface area contributed by atoms with Crippen LogP contribution in [0.3, 0.4) is 0 Å². The van der Waals surface area contributed by atoms with Crippen molar-refractivity contribution < 1.29 is 9.53 Å². The number of ether oxygens (including phenoxy) is 1. The number of aromatic nitrogens is 1. The predicted octanol–water partition coefficient (Wildman–Crippen LogP) is 1.41. The highest BCUT2D eigenvalue weighted by atomic mass is 16.5. The molecular formula is C13H20N2O3. The summed E-state index contributed by atoms with van der Waals surface area (Å²) in [6.45, 7) is 4.54. The van der Waals surface area contributed by atoms with Crippen LogP contribution in [0.15, 0.2) is 23.1 Å². The Bertz CT molecular complexity index is 452. The first kappa shape index (κ1) is 14.3. The quantitative estimate of drug-likeness (QED) is 0.613. The van der Waals surface area contributed by atoms with E-state index in [1.165, 1.54) is 22.9 Å². The number of carbonyl (C=O) groups excluding carboxylic acids is 1. The zero-order valence-electron chi connectivity index (χ0n) is 10.9. The van der Waals surface area contributed by atoms with E-state index >= 15 is 0 Å². The van der Waals surface area contributed by atoms with Crippen LogP contribution in [0, 0.1) is 5.92 Å². The Morgan fingerprint density at radius 2 is 2.17 bits per heavy atom. The number of carbonyl (C=O) groups is 1. The van der Waals surface area contributed by atoms with Gasteiger partial charge in [-0.15, -0.1) is 0 Å². The Morgan fingerprint density at radius 3 is 2.83 bits per heavy atom. The lowest BCUT2D eigenvalue weighted by Gasteiger charge is -2.08. The molecule has 18 heavy (non-hydrogen) atoms. The Hall–Kier alpha value is -1.78. The molecule has 0 amide bonds. The molecule has 5 heteroatoms. The maximum absolute atomic E-state index is 11.5. The number of esters is 1. The fourth-order valence-electron chi connectivity index (χ4n) is 1.54. The second-order valence-corrected chi connectivity index (χ2v) is 4.69. The highest BCUT2D eigenvalue weighted by Crippen LogP contribution is 2.03. The monoisotopic (exact) mass is 252 g/mol. The number of rotatable bonds is 6. The Balaban J connectivity index is 2.40.